The van der Waals surface area contributed by atoms with Gasteiger partial charge in [-0.2, -0.15) is 13.2 Å². The van der Waals surface area contributed by atoms with E-state index in [1.54, 1.807) is 0 Å². The molecule has 0 aliphatic carbocycles. The molecule has 2 N–H and O–H groups in total. The fourth-order valence-corrected chi connectivity index (χ4v) is 4.40. The first kappa shape index (κ1) is 26.2. The first-order valence-corrected chi connectivity index (χ1v) is 11.0. The van der Waals surface area contributed by atoms with E-state index < -0.39 is 12.7 Å². The van der Waals surface area contributed by atoms with E-state index >= 15 is 0 Å². The molecule has 0 aromatic heterocycles. The molecule has 5 nitrogen and oxygen atoms in total. The fraction of sp³-hybridized carbons (Fsp3) is 0.682. The SMILES string of the molecule is CCNC(=NCC(c1ccccc1)N1CCCC1)NCC1CCN(CC(F)(F)F)C1.I. The van der Waals surface area contributed by atoms with Crippen LogP contribution in [0.15, 0.2) is 35.3 Å². The molecule has 0 radical (unpaired) electrons. The van der Waals surface area contributed by atoms with Crippen molar-refractivity contribution in [1.29, 1.82) is 0 Å². The Hall–Kier alpha value is -1.07. The summed E-state index contributed by atoms with van der Waals surface area (Å²) in [5, 5.41) is 6.64. The molecule has 0 saturated carbocycles. The predicted molar refractivity (Wildman–Crippen MR) is 130 cm³/mol. The Morgan fingerprint density at radius 3 is 2.48 bits per heavy atom. The summed E-state index contributed by atoms with van der Waals surface area (Å²) >= 11 is 0. The van der Waals surface area contributed by atoms with Gasteiger partial charge in [0.25, 0.3) is 0 Å². The van der Waals surface area contributed by atoms with Gasteiger partial charge in [0.05, 0.1) is 19.1 Å². The summed E-state index contributed by atoms with van der Waals surface area (Å²) < 4.78 is 37.8. The van der Waals surface area contributed by atoms with Crippen LogP contribution in [0.4, 0.5) is 13.2 Å². The molecule has 2 heterocycles. The Morgan fingerprint density at radius 1 is 1.13 bits per heavy atom. The van der Waals surface area contributed by atoms with Crippen molar-refractivity contribution >= 4 is 29.9 Å². The Morgan fingerprint density at radius 2 is 1.84 bits per heavy atom. The number of nitrogens with zero attached hydrogens (tertiary/aromatic N) is 3. The van der Waals surface area contributed by atoms with E-state index in [-0.39, 0.29) is 35.9 Å². The lowest BCUT2D eigenvalue weighted by Crippen LogP contribution is -2.41. The fourth-order valence-electron chi connectivity index (χ4n) is 4.40. The average Bonchev–Trinajstić information content (AvgIpc) is 3.38. The van der Waals surface area contributed by atoms with E-state index in [1.165, 1.54) is 23.3 Å². The van der Waals surface area contributed by atoms with Gasteiger partial charge in [-0.05, 0) is 57.3 Å². The molecule has 9 heteroatoms. The second kappa shape index (κ2) is 12.8. The molecule has 1 aromatic rings. The van der Waals surface area contributed by atoms with Gasteiger partial charge in [-0.3, -0.25) is 14.8 Å². The summed E-state index contributed by atoms with van der Waals surface area (Å²) in [5.41, 5.74) is 1.28. The van der Waals surface area contributed by atoms with Gasteiger partial charge in [-0.15, -0.1) is 24.0 Å². The minimum Gasteiger partial charge on any atom is -0.357 e. The van der Waals surface area contributed by atoms with Gasteiger partial charge in [0.2, 0.25) is 0 Å². The molecule has 0 bridgehead atoms. The summed E-state index contributed by atoms with van der Waals surface area (Å²) in [6, 6.07) is 10.7. The lowest BCUT2D eigenvalue weighted by atomic mass is 10.1. The minimum absolute atomic E-state index is 0. The summed E-state index contributed by atoms with van der Waals surface area (Å²) in [4.78, 5) is 8.82. The quantitative estimate of drug-likeness (QED) is 0.292. The van der Waals surface area contributed by atoms with Crippen LogP contribution in [0.2, 0.25) is 0 Å². The molecule has 0 amide bonds. The molecule has 2 atom stereocenters. The van der Waals surface area contributed by atoms with Crippen LogP contribution in [0.1, 0.15) is 37.8 Å². The van der Waals surface area contributed by atoms with Gasteiger partial charge in [-0.1, -0.05) is 30.3 Å². The molecule has 31 heavy (non-hydrogen) atoms. The number of alkyl halides is 3. The Labute approximate surface area is 200 Å². The van der Waals surface area contributed by atoms with Crippen LogP contribution in [0.5, 0.6) is 0 Å². The maximum Gasteiger partial charge on any atom is 0.401 e. The van der Waals surface area contributed by atoms with Crippen molar-refractivity contribution in [3.63, 3.8) is 0 Å². The van der Waals surface area contributed by atoms with Gasteiger partial charge < -0.3 is 10.6 Å². The zero-order valence-electron chi connectivity index (χ0n) is 18.2. The number of aliphatic imine (C=N–C) groups is 1. The monoisotopic (exact) mass is 553 g/mol. The molecule has 2 saturated heterocycles. The molecule has 1 aromatic carbocycles. The highest BCUT2D eigenvalue weighted by Crippen LogP contribution is 2.25. The Bertz CT molecular complexity index is 665. The van der Waals surface area contributed by atoms with Crippen molar-refractivity contribution in [1.82, 2.24) is 20.4 Å². The van der Waals surface area contributed by atoms with E-state index in [1.807, 2.05) is 13.0 Å². The smallest absolute Gasteiger partial charge is 0.357 e. The second-order valence-electron chi connectivity index (χ2n) is 8.28. The number of nitrogens with one attached hydrogen (secondary N) is 2. The van der Waals surface area contributed by atoms with Crippen molar-refractivity contribution in [2.75, 3.05) is 52.4 Å². The number of likely N-dealkylation sites (tertiary alicyclic amines) is 2. The number of guanidine groups is 1. The maximum atomic E-state index is 12.6. The van der Waals surface area contributed by atoms with Crippen molar-refractivity contribution in [2.45, 2.75) is 38.4 Å². The zero-order valence-corrected chi connectivity index (χ0v) is 20.5. The van der Waals surface area contributed by atoms with Crippen molar-refractivity contribution in [2.24, 2.45) is 10.9 Å². The van der Waals surface area contributed by atoms with Crippen LogP contribution in [0, 0.1) is 5.92 Å². The van der Waals surface area contributed by atoms with Crippen LogP contribution in [-0.4, -0.2) is 74.3 Å². The minimum atomic E-state index is -4.12. The zero-order chi connectivity index (χ0) is 21.4. The van der Waals surface area contributed by atoms with Crippen molar-refractivity contribution in [3.8, 4) is 0 Å². The van der Waals surface area contributed by atoms with E-state index in [0.717, 1.165) is 32.0 Å². The number of benzene rings is 1. The summed E-state index contributed by atoms with van der Waals surface area (Å²) in [6.07, 6.45) is -0.896. The van der Waals surface area contributed by atoms with Gasteiger partial charge in [0, 0.05) is 19.6 Å². The number of rotatable bonds is 8. The molecule has 176 valence electrons. The largest absolute Gasteiger partial charge is 0.401 e. The lowest BCUT2D eigenvalue weighted by molar-refractivity contribution is -0.143. The summed E-state index contributed by atoms with van der Waals surface area (Å²) in [6.45, 7) is 6.42. The van der Waals surface area contributed by atoms with E-state index in [2.05, 4.69) is 39.8 Å². The van der Waals surface area contributed by atoms with Gasteiger partial charge in [0.15, 0.2) is 5.96 Å². The third-order valence-electron chi connectivity index (χ3n) is 5.86. The molecular formula is C22H35F3IN5. The molecule has 0 spiro atoms. The van der Waals surface area contributed by atoms with Crippen LogP contribution in [-0.2, 0) is 0 Å². The molecule has 2 unspecified atom stereocenters. The van der Waals surface area contributed by atoms with Gasteiger partial charge >= 0.3 is 6.18 Å². The highest BCUT2D eigenvalue weighted by Gasteiger charge is 2.34. The Balaban J connectivity index is 0.00000341. The van der Waals surface area contributed by atoms with Crippen molar-refractivity contribution < 1.29 is 13.2 Å². The van der Waals surface area contributed by atoms with E-state index in [4.69, 9.17) is 4.99 Å². The highest BCUT2D eigenvalue weighted by atomic mass is 127. The van der Waals surface area contributed by atoms with Crippen LogP contribution in [0.3, 0.4) is 0 Å². The van der Waals surface area contributed by atoms with Crippen LogP contribution >= 0.6 is 24.0 Å². The highest BCUT2D eigenvalue weighted by molar-refractivity contribution is 14.0. The molecule has 2 aliphatic heterocycles. The van der Waals surface area contributed by atoms with Gasteiger partial charge in [-0.25, -0.2) is 0 Å². The average molecular weight is 553 g/mol. The number of hydrogen-bond donors (Lipinski definition) is 2. The maximum absolute atomic E-state index is 12.6. The van der Waals surface area contributed by atoms with Crippen molar-refractivity contribution in [3.05, 3.63) is 35.9 Å². The molecule has 3 rings (SSSR count). The summed E-state index contributed by atoms with van der Waals surface area (Å²) in [5.74, 6) is 0.951. The third-order valence-corrected chi connectivity index (χ3v) is 5.86. The third kappa shape index (κ3) is 8.76. The first-order valence-electron chi connectivity index (χ1n) is 11.0. The lowest BCUT2D eigenvalue weighted by Gasteiger charge is -2.27. The second-order valence-corrected chi connectivity index (χ2v) is 8.28. The van der Waals surface area contributed by atoms with Crippen LogP contribution in [0.25, 0.3) is 0 Å². The molecular weight excluding hydrogens is 518 g/mol. The molecule has 2 aliphatic rings. The standard InChI is InChI=1S/C22H34F3N5.HI/c1-2-26-21(27-14-18-10-13-29(16-18)17-22(23,24)25)28-15-20(30-11-6-7-12-30)19-8-4-3-5-9-19;/h3-5,8-9,18,20H,2,6-7,10-17H2,1H3,(H2,26,27,28);1H. The Kier molecular flexibility index (Phi) is 10.8. The van der Waals surface area contributed by atoms with E-state index in [9.17, 15) is 13.2 Å². The number of hydrogen-bond acceptors (Lipinski definition) is 3. The topological polar surface area (TPSA) is 42.9 Å². The predicted octanol–water partition coefficient (Wildman–Crippen LogP) is 3.88. The van der Waals surface area contributed by atoms with Crippen LogP contribution < -0.4 is 10.6 Å². The first-order chi connectivity index (χ1) is 14.4. The van der Waals surface area contributed by atoms with Gasteiger partial charge in [0.1, 0.15) is 0 Å². The molecule has 2 fully saturated rings. The van der Waals surface area contributed by atoms with E-state index in [0.29, 0.717) is 26.2 Å². The summed E-state index contributed by atoms with van der Waals surface area (Å²) in [7, 11) is 0. The number of halogens is 4. The normalized spacial score (nSPS) is 21.7.